The number of carboxylic acid groups (broad SMARTS) is 1. The molecule has 0 radical (unpaired) electrons. The van der Waals surface area contributed by atoms with Crippen LogP contribution < -0.4 is 33.2 Å². The van der Waals surface area contributed by atoms with Gasteiger partial charge in [0.2, 0.25) is 29.5 Å². The zero-order valence-corrected chi connectivity index (χ0v) is 22.0. The molecule has 1 aromatic rings. The number of nitrogens with two attached hydrogens (primary N) is 3. The van der Waals surface area contributed by atoms with Gasteiger partial charge >= 0.3 is 5.97 Å². The zero-order chi connectivity index (χ0) is 28.7. The van der Waals surface area contributed by atoms with Crippen molar-refractivity contribution in [3.8, 4) is 0 Å². The summed E-state index contributed by atoms with van der Waals surface area (Å²) < 4.78 is 0. The maximum atomic E-state index is 13.1. The number of carboxylic acids is 1. The van der Waals surface area contributed by atoms with Crippen molar-refractivity contribution in [2.45, 2.75) is 62.7 Å². The third-order valence-electron chi connectivity index (χ3n) is 5.49. The molecule has 10 N–H and O–H groups in total. The molecular formula is C24H36N6O7S. The largest absolute Gasteiger partial charge is 0.480 e. The lowest BCUT2D eigenvalue weighted by atomic mass is 10.0. The van der Waals surface area contributed by atoms with Gasteiger partial charge in [0.05, 0.1) is 6.04 Å². The molecule has 0 aromatic heterocycles. The van der Waals surface area contributed by atoms with E-state index < -0.39 is 59.7 Å². The smallest absolute Gasteiger partial charge is 0.326 e. The van der Waals surface area contributed by atoms with E-state index >= 15 is 0 Å². The summed E-state index contributed by atoms with van der Waals surface area (Å²) in [5, 5.41) is 16.9. The molecule has 1 rings (SSSR count). The monoisotopic (exact) mass is 552 g/mol. The van der Waals surface area contributed by atoms with Crippen LogP contribution >= 0.6 is 11.8 Å². The molecule has 4 unspecified atom stereocenters. The molecule has 13 nitrogen and oxygen atoms in total. The van der Waals surface area contributed by atoms with E-state index in [2.05, 4.69) is 16.0 Å². The van der Waals surface area contributed by atoms with Gasteiger partial charge in [-0.2, -0.15) is 11.8 Å². The van der Waals surface area contributed by atoms with Gasteiger partial charge in [0.1, 0.15) is 18.1 Å². The van der Waals surface area contributed by atoms with Crippen LogP contribution in [0.1, 0.15) is 37.7 Å². The molecule has 0 heterocycles. The standard InChI is InChI=1S/C24H36N6O7S/c1-38-12-11-15(25)21(33)28-16(7-9-19(26)31)22(34)29-17(8-10-20(27)32)23(35)30-18(24(36)37)13-14-5-3-2-4-6-14/h2-6,15-18H,7-13,25H2,1H3,(H2,26,31)(H2,27,32)(H,28,33)(H,29,34)(H,30,35)(H,36,37). The van der Waals surface area contributed by atoms with Crippen molar-refractivity contribution in [2.75, 3.05) is 12.0 Å². The Hall–Kier alpha value is -3.65. The fraction of sp³-hybridized carbons (Fsp3) is 0.500. The average molecular weight is 553 g/mol. The van der Waals surface area contributed by atoms with Crippen molar-refractivity contribution in [3.05, 3.63) is 35.9 Å². The average Bonchev–Trinajstić information content (AvgIpc) is 2.86. The predicted octanol–water partition coefficient (Wildman–Crippen LogP) is -1.62. The van der Waals surface area contributed by atoms with Gasteiger partial charge in [-0.15, -0.1) is 0 Å². The van der Waals surface area contributed by atoms with E-state index in [-0.39, 0.29) is 32.1 Å². The lowest BCUT2D eigenvalue weighted by Crippen LogP contribution is -2.57. The molecule has 210 valence electrons. The summed E-state index contributed by atoms with van der Waals surface area (Å²) in [4.78, 5) is 73.0. The molecule has 5 amide bonds. The molecule has 0 saturated heterocycles. The maximum Gasteiger partial charge on any atom is 0.326 e. The Kier molecular flexibility index (Phi) is 14.5. The Morgan fingerprint density at radius 2 is 1.26 bits per heavy atom. The minimum absolute atomic E-state index is 0.0242. The molecule has 0 saturated carbocycles. The lowest BCUT2D eigenvalue weighted by Gasteiger charge is -2.25. The molecule has 38 heavy (non-hydrogen) atoms. The molecule has 0 aliphatic carbocycles. The first kappa shape index (κ1) is 32.4. The van der Waals surface area contributed by atoms with Gasteiger partial charge in [-0.25, -0.2) is 4.79 Å². The molecule has 14 heteroatoms. The highest BCUT2D eigenvalue weighted by Gasteiger charge is 2.30. The second kappa shape index (κ2) is 17.0. The fourth-order valence-electron chi connectivity index (χ4n) is 3.36. The number of primary amides is 2. The van der Waals surface area contributed by atoms with Crippen molar-refractivity contribution in [3.63, 3.8) is 0 Å². The number of nitrogens with one attached hydrogen (secondary N) is 3. The van der Waals surface area contributed by atoms with Crippen LogP contribution in [-0.4, -0.2) is 76.8 Å². The number of carbonyl (C=O) groups excluding carboxylic acids is 5. The van der Waals surface area contributed by atoms with Gasteiger partial charge in [0.25, 0.3) is 0 Å². The van der Waals surface area contributed by atoms with Crippen LogP contribution in [0.4, 0.5) is 0 Å². The normalized spacial score (nSPS) is 13.8. The third-order valence-corrected chi connectivity index (χ3v) is 6.14. The molecule has 0 fully saturated rings. The molecule has 0 aliphatic heterocycles. The number of benzene rings is 1. The first-order valence-electron chi connectivity index (χ1n) is 11.9. The molecule has 0 spiro atoms. The number of thioether (sulfide) groups is 1. The van der Waals surface area contributed by atoms with E-state index in [9.17, 15) is 33.9 Å². The van der Waals surface area contributed by atoms with Gasteiger partial charge in [-0.3, -0.25) is 24.0 Å². The summed E-state index contributed by atoms with van der Waals surface area (Å²) in [6.07, 6.45) is 1.25. The highest BCUT2D eigenvalue weighted by molar-refractivity contribution is 7.98. The number of hydrogen-bond donors (Lipinski definition) is 7. The highest BCUT2D eigenvalue weighted by Crippen LogP contribution is 2.07. The van der Waals surface area contributed by atoms with Gasteiger partial charge < -0.3 is 38.3 Å². The van der Waals surface area contributed by atoms with Gasteiger partial charge in [-0.05, 0) is 36.8 Å². The van der Waals surface area contributed by atoms with Crippen LogP contribution in [0.2, 0.25) is 0 Å². The second-order valence-corrected chi connectivity index (χ2v) is 9.60. The van der Waals surface area contributed by atoms with E-state index in [1.807, 2.05) is 6.26 Å². The van der Waals surface area contributed by atoms with Crippen molar-refractivity contribution >= 4 is 47.3 Å². The van der Waals surface area contributed by atoms with Gasteiger partial charge in [-0.1, -0.05) is 30.3 Å². The molecule has 4 atom stereocenters. The molecule has 0 bridgehead atoms. The topological polar surface area (TPSA) is 237 Å². The number of carbonyl (C=O) groups is 6. The summed E-state index contributed by atoms with van der Waals surface area (Å²) in [5.41, 5.74) is 16.9. The Bertz CT molecular complexity index is 978. The van der Waals surface area contributed by atoms with Crippen LogP contribution in [0.15, 0.2) is 30.3 Å². The summed E-state index contributed by atoms with van der Waals surface area (Å²) in [6.45, 7) is 0. The number of amides is 5. The van der Waals surface area contributed by atoms with Crippen LogP contribution in [-0.2, 0) is 35.2 Å². The Morgan fingerprint density at radius 1 is 0.789 bits per heavy atom. The SMILES string of the molecule is CSCCC(N)C(=O)NC(CCC(N)=O)C(=O)NC(CCC(N)=O)C(=O)NC(Cc1ccccc1)C(=O)O. The van der Waals surface area contributed by atoms with E-state index in [1.54, 1.807) is 30.3 Å². The van der Waals surface area contributed by atoms with Crippen LogP contribution in [0.25, 0.3) is 0 Å². The maximum absolute atomic E-state index is 13.1. The lowest BCUT2D eigenvalue weighted by molar-refractivity contribution is -0.142. The first-order chi connectivity index (χ1) is 17.9. The zero-order valence-electron chi connectivity index (χ0n) is 21.2. The van der Waals surface area contributed by atoms with Crippen molar-refractivity contribution in [2.24, 2.45) is 17.2 Å². The van der Waals surface area contributed by atoms with E-state index in [4.69, 9.17) is 17.2 Å². The first-order valence-corrected chi connectivity index (χ1v) is 13.3. The molecular weight excluding hydrogens is 516 g/mol. The van der Waals surface area contributed by atoms with E-state index in [0.29, 0.717) is 17.7 Å². The third kappa shape index (κ3) is 12.5. The summed E-state index contributed by atoms with van der Waals surface area (Å²) in [5.74, 6) is -4.47. The molecule has 1 aromatic carbocycles. The number of rotatable bonds is 18. The van der Waals surface area contributed by atoms with Gasteiger partial charge in [0, 0.05) is 19.3 Å². The van der Waals surface area contributed by atoms with E-state index in [1.165, 1.54) is 11.8 Å². The number of aliphatic carboxylic acids is 1. The second-order valence-electron chi connectivity index (χ2n) is 8.61. The summed E-state index contributed by atoms with van der Waals surface area (Å²) in [6, 6.07) is 3.75. The summed E-state index contributed by atoms with van der Waals surface area (Å²) >= 11 is 1.49. The van der Waals surface area contributed by atoms with Gasteiger partial charge in [0.15, 0.2) is 0 Å². The van der Waals surface area contributed by atoms with Crippen LogP contribution in [0.5, 0.6) is 0 Å². The van der Waals surface area contributed by atoms with Crippen molar-refractivity contribution in [1.29, 1.82) is 0 Å². The van der Waals surface area contributed by atoms with Crippen molar-refractivity contribution in [1.82, 2.24) is 16.0 Å². The number of hydrogen-bond acceptors (Lipinski definition) is 8. The fourth-order valence-corrected chi connectivity index (χ4v) is 3.85. The quantitative estimate of drug-likeness (QED) is 0.111. The van der Waals surface area contributed by atoms with E-state index in [0.717, 1.165) is 0 Å². The minimum Gasteiger partial charge on any atom is -0.480 e. The summed E-state index contributed by atoms with van der Waals surface area (Å²) in [7, 11) is 0. The van der Waals surface area contributed by atoms with Crippen LogP contribution in [0, 0.1) is 0 Å². The Morgan fingerprint density at radius 3 is 1.71 bits per heavy atom. The molecule has 0 aliphatic rings. The Balaban J connectivity index is 3.04. The van der Waals surface area contributed by atoms with Crippen LogP contribution in [0.3, 0.4) is 0 Å². The highest BCUT2D eigenvalue weighted by atomic mass is 32.2. The predicted molar refractivity (Wildman–Crippen MR) is 141 cm³/mol. The van der Waals surface area contributed by atoms with Crippen molar-refractivity contribution < 1.29 is 33.9 Å². The Labute approximate surface area is 225 Å². The minimum atomic E-state index is -1.36.